The molecule has 2 aromatic rings. The van der Waals surface area contributed by atoms with Crippen LogP contribution in [0.2, 0.25) is 0 Å². The average Bonchev–Trinajstić information content (AvgIpc) is 2.64. The van der Waals surface area contributed by atoms with E-state index in [0.29, 0.717) is 17.0 Å². The molecular formula is C20H21NO6. The van der Waals surface area contributed by atoms with Crippen LogP contribution < -0.4 is 10.1 Å². The maximum atomic E-state index is 11.8. The van der Waals surface area contributed by atoms with Crippen molar-refractivity contribution in [1.29, 1.82) is 0 Å². The number of esters is 2. The van der Waals surface area contributed by atoms with Crippen molar-refractivity contribution in [2.24, 2.45) is 0 Å². The van der Waals surface area contributed by atoms with E-state index in [0.717, 1.165) is 11.1 Å². The molecule has 2 rings (SSSR count). The minimum Gasteiger partial charge on any atom is -0.482 e. The van der Waals surface area contributed by atoms with Gasteiger partial charge in [0, 0.05) is 5.69 Å². The zero-order valence-corrected chi connectivity index (χ0v) is 15.4. The van der Waals surface area contributed by atoms with E-state index in [-0.39, 0.29) is 6.61 Å². The SMILES string of the molecule is COC(=O)c1ccc(NC(=O)COC(=O)COc2cc(C)cc(C)c2)cc1. The summed E-state index contributed by atoms with van der Waals surface area (Å²) in [5.41, 5.74) is 2.88. The summed E-state index contributed by atoms with van der Waals surface area (Å²) in [6.45, 7) is 3.14. The summed E-state index contributed by atoms with van der Waals surface area (Å²) in [4.78, 5) is 34.9. The van der Waals surface area contributed by atoms with Crippen LogP contribution in [-0.4, -0.2) is 38.2 Å². The van der Waals surface area contributed by atoms with Crippen molar-refractivity contribution in [3.05, 3.63) is 59.2 Å². The Kier molecular flexibility index (Phi) is 6.93. The van der Waals surface area contributed by atoms with Gasteiger partial charge >= 0.3 is 11.9 Å². The average molecular weight is 371 g/mol. The molecule has 142 valence electrons. The monoisotopic (exact) mass is 371 g/mol. The van der Waals surface area contributed by atoms with Gasteiger partial charge in [0.05, 0.1) is 12.7 Å². The van der Waals surface area contributed by atoms with Crippen LogP contribution in [0.25, 0.3) is 0 Å². The molecule has 0 bridgehead atoms. The lowest BCUT2D eigenvalue weighted by Crippen LogP contribution is -2.23. The Morgan fingerprint density at radius 2 is 1.56 bits per heavy atom. The van der Waals surface area contributed by atoms with Gasteiger partial charge in [-0.1, -0.05) is 6.07 Å². The van der Waals surface area contributed by atoms with Crippen molar-refractivity contribution >= 4 is 23.5 Å². The predicted octanol–water partition coefficient (Wildman–Crippen LogP) is 2.65. The van der Waals surface area contributed by atoms with Gasteiger partial charge in [0.1, 0.15) is 5.75 Å². The third-order valence-corrected chi connectivity index (χ3v) is 3.51. The van der Waals surface area contributed by atoms with Gasteiger partial charge in [-0.3, -0.25) is 4.79 Å². The van der Waals surface area contributed by atoms with Crippen LogP contribution in [-0.2, 0) is 19.1 Å². The molecule has 1 amide bonds. The van der Waals surface area contributed by atoms with E-state index < -0.39 is 24.5 Å². The number of carbonyl (C=O) groups excluding carboxylic acids is 3. The summed E-state index contributed by atoms with van der Waals surface area (Å²) >= 11 is 0. The Labute approximate surface area is 157 Å². The highest BCUT2D eigenvalue weighted by Crippen LogP contribution is 2.16. The molecule has 0 aromatic heterocycles. The lowest BCUT2D eigenvalue weighted by molar-refractivity contribution is -0.149. The van der Waals surface area contributed by atoms with Crippen LogP contribution >= 0.6 is 0 Å². The highest BCUT2D eigenvalue weighted by Gasteiger charge is 2.10. The minimum atomic E-state index is -0.648. The number of carbonyl (C=O) groups is 3. The topological polar surface area (TPSA) is 90.9 Å². The summed E-state index contributed by atoms with van der Waals surface area (Å²) in [6, 6.07) is 11.8. The van der Waals surface area contributed by atoms with E-state index in [2.05, 4.69) is 10.1 Å². The van der Waals surface area contributed by atoms with Crippen LogP contribution in [0.15, 0.2) is 42.5 Å². The number of benzene rings is 2. The van der Waals surface area contributed by atoms with Gasteiger partial charge in [-0.25, -0.2) is 9.59 Å². The van der Waals surface area contributed by atoms with Crippen LogP contribution in [0.4, 0.5) is 5.69 Å². The molecule has 0 radical (unpaired) electrons. The minimum absolute atomic E-state index is 0.288. The molecule has 0 saturated heterocycles. The molecule has 0 fully saturated rings. The van der Waals surface area contributed by atoms with Crippen LogP contribution in [0.1, 0.15) is 21.5 Å². The smallest absolute Gasteiger partial charge is 0.344 e. The van der Waals surface area contributed by atoms with Gasteiger partial charge in [-0.2, -0.15) is 0 Å². The summed E-state index contributed by atoms with van der Waals surface area (Å²) in [5, 5.41) is 2.56. The Morgan fingerprint density at radius 1 is 0.926 bits per heavy atom. The van der Waals surface area contributed by atoms with Gasteiger partial charge < -0.3 is 19.5 Å². The van der Waals surface area contributed by atoms with Crippen molar-refractivity contribution in [3.8, 4) is 5.75 Å². The lowest BCUT2D eigenvalue weighted by Gasteiger charge is -2.09. The molecule has 7 nitrogen and oxygen atoms in total. The van der Waals surface area contributed by atoms with Crippen molar-refractivity contribution < 1.29 is 28.6 Å². The molecule has 0 saturated carbocycles. The van der Waals surface area contributed by atoms with E-state index in [1.807, 2.05) is 32.0 Å². The number of nitrogens with one attached hydrogen (secondary N) is 1. The molecule has 0 atom stereocenters. The number of hydrogen-bond donors (Lipinski definition) is 1. The third kappa shape index (κ3) is 6.47. The van der Waals surface area contributed by atoms with Gasteiger partial charge in [0.25, 0.3) is 5.91 Å². The second-order valence-corrected chi connectivity index (χ2v) is 5.89. The van der Waals surface area contributed by atoms with E-state index in [1.165, 1.54) is 19.2 Å². The molecule has 0 spiro atoms. The number of amides is 1. The molecule has 2 aromatic carbocycles. The van der Waals surface area contributed by atoms with Crippen molar-refractivity contribution in [3.63, 3.8) is 0 Å². The first-order valence-corrected chi connectivity index (χ1v) is 8.22. The number of hydrogen-bond acceptors (Lipinski definition) is 6. The quantitative estimate of drug-likeness (QED) is 0.753. The molecule has 0 unspecified atom stereocenters. The number of rotatable bonds is 7. The van der Waals surface area contributed by atoms with Crippen LogP contribution in [0.3, 0.4) is 0 Å². The summed E-state index contributed by atoms with van der Waals surface area (Å²) < 4.78 is 14.9. The molecule has 7 heteroatoms. The van der Waals surface area contributed by atoms with E-state index in [9.17, 15) is 14.4 Å². The Morgan fingerprint density at radius 3 is 2.15 bits per heavy atom. The first-order valence-electron chi connectivity index (χ1n) is 8.22. The largest absolute Gasteiger partial charge is 0.482 e. The van der Waals surface area contributed by atoms with Gasteiger partial charge in [-0.15, -0.1) is 0 Å². The van der Waals surface area contributed by atoms with Crippen molar-refractivity contribution in [2.75, 3.05) is 25.6 Å². The Balaban J connectivity index is 1.76. The second kappa shape index (κ2) is 9.38. The molecule has 27 heavy (non-hydrogen) atoms. The molecule has 0 heterocycles. The summed E-state index contributed by atoms with van der Waals surface area (Å²) in [5.74, 6) is -1.05. The van der Waals surface area contributed by atoms with E-state index in [1.54, 1.807) is 12.1 Å². The van der Waals surface area contributed by atoms with Gasteiger partial charge in [0.15, 0.2) is 13.2 Å². The van der Waals surface area contributed by atoms with Gasteiger partial charge in [0.2, 0.25) is 0 Å². The highest BCUT2D eigenvalue weighted by atomic mass is 16.6. The molecule has 0 aliphatic heterocycles. The second-order valence-electron chi connectivity index (χ2n) is 5.89. The fourth-order valence-corrected chi connectivity index (χ4v) is 2.35. The Bertz CT molecular complexity index is 809. The van der Waals surface area contributed by atoms with Crippen LogP contribution in [0.5, 0.6) is 5.75 Å². The van der Waals surface area contributed by atoms with Gasteiger partial charge in [-0.05, 0) is 61.4 Å². The van der Waals surface area contributed by atoms with Crippen molar-refractivity contribution in [1.82, 2.24) is 0 Å². The number of methoxy groups -OCH3 is 1. The van der Waals surface area contributed by atoms with Crippen LogP contribution in [0, 0.1) is 13.8 Å². The number of ether oxygens (including phenoxy) is 3. The van der Waals surface area contributed by atoms with E-state index >= 15 is 0 Å². The number of aryl methyl sites for hydroxylation is 2. The predicted molar refractivity (Wildman–Crippen MR) is 98.8 cm³/mol. The Hall–Kier alpha value is -3.35. The third-order valence-electron chi connectivity index (χ3n) is 3.51. The molecular weight excluding hydrogens is 350 g/mol. The van der Waals surface area contributed by atoms with Crippen molar-refractivity contribution in [2.45, 2.75) is 13.8 Å². The maximum absolute atomic E-state index is 11.8. The first kappa shape index (κ1) is 20.0. The summed E-state index contributed by atoms with van der Waals surface area (Å²) in [7, 11) is 1.29. The zero-order chi connectivity index (χ0) is 19.8. The first-order chi connectivity index (χ1) is 12.9. The summed E-state index contributed by atoms with van der Waals surface area (Å²) in [6.07, 6.45) is 0. The number of anilines is 1. The fourth-order valence-electron chi connectivity index (χ4n) is 2.35. The standard InChI is InChI=1S/C20H21NO6/c1-13-8-14(2)10-17(9-13)26-12-19(23)27-11-18(22)21-16-6-4-15(5-7-16)20(24)25-3/h4-10H,11-12H2,1-3H3,(H,21,22). The normalized spacial score (nSPS) is 10.0. The van der Waals surface area contributed by atoms with E-state index in [4.69, 9.17) is 9.47 Å². The molecule has 0 aliphatic rings. The molecule has 1 N–H and O–H groups in total. The fraction of sp³-hybridized carbons (Fsp3) is 0.250. The zero-order valence-electron chi connectivity index (χ0n) is 15.4. The maximum Gasteiger partial charge on any atom is 0.344 e. The lowest BCUT2D eigenvalue weighted by atomic mass is 10.1. The highest BCUT2D eigenvalue weighted by molar-refractivity contribution is 5.94. The molecule has 0 aliphatic carbocycles.